The van der Waals surface area contributed by atoms with Gasteiger partial charge in [-0.1, -0.05) is 26.3 Å². The minimum absolute atomic E-state index is 0.310. The topological polar surface area (TPSA) is 50.1 Å². The van der Waals surface area contributed by atoms with E-state index in [0.29, 0.717) is 24.5 Å². The van der Waals surface area contributed by atoms with Crippen molar-refractivity contribution in [1.82, 2.24) is 0 Å². The lowest BCUT2D eigenvalue weighted by Crippen LogP contribution is -2.14. The molecule has 1 atom stereocenters. The van der Waals surface area contributed by atoms with Crippen LogP contribution >= 0.6 is 0 Å². The molecule has 1 unspecified atom stereocenters. The molecule has 0 aliphatic carbocycles. The summed E-state index contributed by atoms with van der Waals surface area (Å²) in [4.78, 5) is 11.2. The van der Waals surface area contributed by atoms with Crippen LogP contribution in [0.2, 0.25) is 0 Å². The maximum absolute atomic E-state index is 11.2. The fourth-order valence-electron chi connectivity index (χ4n) is 1.36. The predicted octanol–water partition coefficient (Wildman–Crippen LogP) is 3.22. The summed E-state index contributed by atoms with van der Waals surface area (Å²) < 4.78 is 5.11. The maximum Gasteiger partial charge on any atom is 0.333 e. The van der Waals surface area contributed by atoms with Crippen molar-refractivity contribution in [2.24, 2.45) is 5.92 Å². The van der Waals surface area contributed by atoms with Gasteiger partial charge in [-0.05, 0) is 25.7 Å². The molecule has 0 radical (unpaired) electrons. The van der Waals surface area contributed by atoms with E-state index in [9.17, 15) is 4.79 Å². The summed E-state index contributed by atoms with van der Waals surface area (Å²) in [5.41, 5.74) is 0.444. The lowest BCUT2D eigenvalue weighted by molar-refractivity contribution is -0.140. The molecule has 0 aromatic carbocycles. The second kappa shape index (κ2) is 8.96. The van der Waals surface area contributed by atoms with E-state index in [1.165, 1.54) is 0 Å². The van der Waals surface area contributed by atoms with Crippen LogP contribution in [-0.4, -0.2) is 12.6 Å². The molecule has 0 heterocycles. The highest BCUT2D eigenvalue weighted by Gasteiger charge is 2.10. The third-order valence-corrected chi connectivity index (χ3v) is 2.53. The van der Waals surface area contributed by atoms with Gasteiger partial charge in [0.15, 0.2) is 0 Å². The predicted molar refractivity (Wildman–Crippen MR) is 63.6 cm³/mol. The number of ether oxygens (including phenoxy) is 1. The van der Waals surface area contributed by atoms with Gasteiger partial charge in [0.1, 0.15) is 0 Å². The van der Waals surface area contributed by atoms with Crippen molar-refractivity contribution in [1.29, 1.82) is 5.26 Å². The average Bonchev–Trinajstić information content (AvgIpc) is 2.27. The van der Waals surface area contributed by atoms with Crippen LogP contribution in [0.25, 0.3) is 0 Å². The zero-order chi connectivity index (χ0) is 12.4. The van der Waals surface area contributed by atoms with Crippen molar-refractivity contribution in [2.75, 3.05) is 6.61 Å². The van der Waals surface area contributed by atoms with Crippen LogP contribution in [0.15, 0.2) is 12.2 Å². The number of hydrogen-bond donors (Lipinski definition) is 0. The van der Waals surface area contributed by atoms with Gasteiger partial charge in [-0.25, -0.2) is 4.79 Å². The van der Waals surface area contributed by atoms with Crippen molar-refractivity contribution >= 4 is 5.97 Å². The van der Waals surface area contributed by atoms with Gasteiger partial charge in [-0.2, -0.15) is 5.26 Å². The molecule has 0 aromatic rings. The Bertz CT molecular complexity index is 266. The van der Waals surface area contributed by atoms with Gasteiger partial charge >= 0.3 is 5.97 Å². The Hall–Kier alpha value is -1.30. The molecule has 3 heteroatoms. The van der Waals surface area contributed by atoms with Gasteiger partial charge in [0.25, 0.3) is 0 Å². The Kier molecular flexibility index (Phi) is 8.24. The Morgan fingerprint density at radius 1 is 1.50 bits per heavy atom. The summed E-state index contributed by atoms with van der Waals surface area (Å²) in [6.07, 6.45) is 4.58. The lowest BCUT2D eigenvalue weighted by atomic mass is 10.00. The molecule has 0 spiro atoms. The van der Waals surface area contributed by atoms with E-state index >= 15 is 0 Å². The minimum Gasteiger partial charge on any atom is -0.462 e. The molecule has 0 saturated heterocycles. The van der Waals surface area contributed by atoms with E-state index in [0.717, 1.165) is 25.7 Å². The Morgan fingerprint density at radius 2 is 2.19 bits per heavy atom. The van der Waals surface area contributed by atoms with Crippen LogP contribution in [0.4, 0.5) is 0 Å². The molecule has 0 bridgehead atoms. The molecule has 3 nitrogen and oxygen atoms in total. The van der Waals surface area contributed by atoms with Crippen molar-refractivity contribution in [3.8, 4) is 6.07 Å². The summed E-state index contributed by atoms with van der Waals surface area (Å²) in [5.74, 6) is 0.0949. The highest BCUT2D eigenvalue weighted by atomic mass is 16.5. The molecular weight excluding hydrogens is 202 g/mol. The number of rotatable bonds is 8. The first kappa shape index (κ1) is 14.7. The van der Waals surface area contributed by atoms with Crippen molar-refractivity contribution in [3.05, 3.63) is 12.2 Å². The third-order valence-electron chi connectivity index (χ3n) is 2.53. The summed E-state index contributed by atoms with van der Waals surface area (Å²) in [6, 6.07) is 2.13. The van der Waals surface area contributed by atoms with Gasteiger partial charge in [-0.3, -0.25) is 0 Å². The highest BCUT2D eigenvalue weighted by Crippen LogP contribution is 2.14. The summed E-state index contributed by atoms with van der Waals surface area (Å²) in [7, 11) is 0. The summed E-state index contributed by atoms with van der Waals surface area (Å²) >= 11 is 0. The normalized spacial score (nSPS) is 11.6. The molecule has 0 N–H and O–H groups in total. The average molecular weight is 223 g/mol. The largest absolute Gasteiger partial charge is 0.462 e. The number of nitrogens with zero attached hydrogens (tertiary/aromatic N) is 1. The third kappa shape index (κ3) is 7.05. The molecule has 0 aromatic heterocycles. The first-order chi connectivity index (χ1) is 7.61. The number of esters is 1. The highest BCUT2D eigenvalue weighted by molar-refractivity contribution is 5.86. The van der Waals surface area contributed by atoms with E-state index < -0.39 is 0 Å². The van der Waals surface area contributed by atoms with Crippen LogP contribution in [0.1, 0.15) is 46.0 Å². The lowest BCUT2D eigenvalue weighted by Gasteiger charge is -2.14. The second-order valence-corrected chi connectivity index (χ2v) is 4.06. The Morgan fingerprint density at radius 3 is 2.69 bits per heavy atom. The standard InChI is InChI=1S/C13H21NO2/c1-4-12(8-6-5-7-9-14)10-16-13(15)11(2)3/h12H,2,4-8,10H2,1,3H3. The van der Waals surface area contributed by atoms with E-state index in [2.05, 4.69) is 19.6 Å². The van der Waals surface area contributed by atoms with Gasteiger partial charge in [-0.15, -0.1) is 0 Å². The van der Waals surface area contributed by atoms with Crippen LogP contribution in [0, 0.1) is 17.2 Å². The van der Waals surface area contributed by atoms with Gasteiger partial charge in [0.2, 0.25) is 0 Å². The molecule has 90 valence electrons. The fraction of sp³-hybridized carbons (Fsp3) is 0.692. The number of unbranched alkanes of at least 4 members (excludes halogenated alkanes) is 2. The van der Waals surface area contributed by atoms with Crippen LogP contribution in [-0.2, 0) is 9.53 Å². The zero-order valence-corrected chi connectivity index (χ0v) is 10.3. The minimum atomic E-state index is -0.310. The second-order valence-electron chi connectivity index (χ2n) is 4.06. The van der Waals surface area contributed by atoms with Gasteiger partial charge in [0.05, 0.1) is 12.7 Å². The first-order valence-electron chi connectivity index (χ1n) is 5.81. The maximum atomic E-state index is 11.2. The van der Waals surface area contributed by atoms with Crippen LogP contribution in [0.5, 0.6) is 0 Å². The molecule has 0 aliphatic rings. The molecule has 0 fully saturated rings. The number of hydrogen-bond acceptors (Lipinski definition) is 3. The van der Waals surface area contributed by atoms with Crippen molar-refractivity contribution in [2.45, 2.75) is 46.0 Å². The van der Waals surface area contributed by atoms with Crippen molar-refractivity contribution < 1.29 is 9.53 Å². The molecule has 0 amide bonds. The van der Waals surface area contributed by atoms with E-state index in [-0.39, 0.29) is 5.97 Å². The van der Waals surface area contributed by atoms with E-state index in [1.54, 1.807) is 6.92 Å². The Labute approximate surface area is 98.1 Å². The van der Waals surface area contributed by atoms with Gasteiger partial charge < -0.3 is 4.74 Å². The summed E-state index contributed by atoms with van der Waals surface area (Å²) in [5, 5.41) is 8.40. The number of carbonyl (C=O) groups excluding carboxylic acids is 1. The summed E-state index contributed by atoms with van der Waals surface area (Å²) in [6.45, 7) is 7.74. The van der Waals surface area contributed by atoms with Crippen LogP contribution in [0.3, 0.4) is 0 Å². The SMILES string of the molecule is C=C(C)C(=O)OCC(CC)CCCCC#N. The molecule has 0 saturated carbocycles. The number of nitriles is 1. The molecule has 16 heavy (non-hydrogen) atoms. The Balaban J connectivity index is 3.71. The molecule has 0 rings (SSSR count). The van der Waals surface area contributed by atoms with Crippen molar-refractivity contribution in [3.63, 3.8) is 0 Å². The fourth-order valence-corrected chi connectivity index (χ4v) is 1.36. The van der Waals surface area contributed by atoms with Gasteiger partial charge in [0, 0.05) is 12.0 Å². The van der Waals surface area contributed by atoms with Crippen LogP contribution < -0.4 is 0 Å². The monoisotopic (exact) mass is 223 g/mol. The molecular formula is C13H21NO2. The van der Waals surface area contributed by atoms with E-state index in [1.807, 2.05) is 0 Å². The smallest absolute Gasteiger partial charge is 0.333 e. The zero-order valence-electron chi connectivity index (χ0n) is 10.3. The first-order valence-corrected chi connectivity index (χ1v) is 5.81. The molecule has 0 aliphatic heterocycles. The van der Waals surface area contributed by atoms with E-state index in [4.69, 9.17) is 10.00 Å². The number of carbonyl (C=O) groups is 1. The quantitative estimate of drug-likeness (QED) is 0.360.